The van der Waals surface area contributed by atoms with Crippen molar-refractivity contribution in [2.24, 2.45) is 0 Å². The molecule has 1 aliphatic rings. The van der Waals surface area contributed by atoms with E-state index in [9.17, 15) is 14.4 Å². The van der Waals surface area contributed by atoms with Crippen LogP contribution in [0.3, 0.4) is 0 Å². The van der Waals surface area contributed by atoms with Gasteiger partial charge >= 0.3 is 6.03 Å². The van der Waals surface area contributed by atoms with Gasteiger partial charge in [-0.1, -0.05) is 5.16 Å². The van der Waals surface area contributed by atoms with Crippen LogP contribution in [0.4, 0.5) is 4.79 Å². The van der Waals surface area contributed by atoms with Gasteiger partial charge in [-0.25, -0.2) is 4.79 Å². The average Bonchev–Trinajstić information content (AvgIpc) is 3.18. The minimum atomic E-state index is -0.795. The van der Waals surface area contributed by atoms with Crippen molar-refractivity contribution < 1.29 is 18.9 Å². The van der Waals surface area contributed by atoms with Crippen LogP contribution >= 0.6 is 0 Å². The van der Waals surface area contributed by atoms with Crippen LogP contribution in [0.15, 0.2) is 29.0 Å². The number of imide groups is 1. The summed E-state index contributed by atoms with van der Waals surface area (Å²) >= 11 is 0. The second-order valence-electron chi connectivity index (χ2n) is 6.01. The molecule has 10 heteroatoms. The number of nitrogens with zero attached hydrogens (tertiary/aromatic N) is 6. The highest BCUT2D eigenvalue weighted by atomic mass is 16.5. The third-order valence-corrected chi connectivity index (χ3v) is 4.23. The van der Waals surface area contributed by atoms with E-state index < -0.39 is 18.0 Å². The maximum absolute atomic E-state index is 12.4. The maximum Gasteiger partial charge on any atom is 0.326 e. The second kappa shape index (κ2) is 6.90. The van der Waals surface area contributed by atoms with Crippen molar-refractivity contribution in [2.45, 2.75) is 19.0 Å². The summed E-state index contributed by atoms with van der Waals surface area (Å²) in [7, 11) is 4.47. The van der Waals surface area contributed by atoms with Gasteiger partial charge in [0.25, 0.3) is 5.91 Å². The van der Waals surface area contributed by atoms with Crippen molar-refractivity contribution in [2.75, 3.05) is 21.1 Å². The molecule has 10 nitrogen and oxygen atoms in total. The predicted octanol–water partition coefficient (Wildman–Crippen LogP) is 0.372. The van der Waals surface area contributed by atoms with Crippen LogP contribution in [0.5, 0.6) is 0 Å². The van der Waals surface area contributed by atoms with Crippen molar-refractivity contribution in [1.29, 1.82) is 0 Å². The van der Waals surface area contributed by atoms with Crippen molar-refractivity contribution in [1.82, 2.24) is 29.8 Å². The molecule has 3 heterocycles. The van der Waals surface area contributed by atoms with Crippen LogP contribution in [0, 0.1) is 0 Å². The lowest BCUT2D eigenvalue weighted by atomic mass is 10.1. The van der Waals surface area contributed by atoms with E-state index in [1.165, 1.54) is 23.9 Å². The van der Waals surface area contributed by atoms with E-state index in [2.05, 4.69) is 15.1 Å². The molecule has 136 valence electrons. The molecule has 0 bridgehead atoms. The zero-order valence-electron chi connectivity index (χ0n) is 14.6. The first-order chi connectivity index (χ1) is 12.4. The zero-order valence-corrected chi connectivity index (χ0v) is 14.6. The number of rotatable bonds is 5. The van der Waals surface area contributed by atoms with Gasteiger partial charge in [-0.05, 0) is 12.1 Å². The predicted molar refractivity (Wildman–Crippen MR) is 88.3 cm³/mol. The van der Waals surface area contributed by atoms with Gasteiger partial charge in [0, 0.05) is 39.1 Å². The molecule has 0 saturated carbocycles. The second-order valence-corrected chi connectivity index (χ2v) is 6.01. The number of amides is 4. The summed E-state index contributed by atoms with van der Waals surface area (Å²) in [6.45, 7) is 0.0977. The molecule has 2 aromatic rings. The van der Waals surface area contributed by atoms with Gasteiger partial charge in [0.15, 0.2) is 0 Å². The Balaban J connectivity index is 1.62. The summed E-state index contributed by atoms with van der Waals surface area (Å²) < 4.78 is 5.16. The highest BCUT2D eigenvalue weighted by Gasteiger charge is 2.42. The Labute approximate surface area is 149 Å². The summed E-state index contributed by atoms with van der Waals surface area (Å²) in [6.07, 6.45) is 3.14. The van der Waals surface area contributed by atoms with Crippen LogP contribution in [-0.2, 0) is 16.1 Å². The fourth-order valence-corrected chi connectivity index (χ4v) is 2.62. The average molecular weight is 358 g/mol. The number of pyridine rings is 1. The van der Waals surface area contributed by atoms with E-state index in [1.807, 2.05) is 0 Å². The molecule has 1 unspecified atom stereocenters. The Bertz CT molecular complexity index is 836. The molecular formula is C16H18N6O4. The molecule has 3 rings (SSSR count). The molecule has 0 aromatic carbocycles. The van der Waals surface area contributed by atoms with Crippen molar-refractivity contribution in [3.63, 3.8) is 0 Å². The monoisotopic (exact) mass is 358 g/mol. The molecule has 26 heavy (non-hydrogen) atoms. The third kappa shape index (κ3) is 3.25. The van der Waals surface area contributed by atoms with E-state index in [4.69, 9.17) is 4.52 Å². The minimum absolute atomic E-state index is 0.0977. The van der Waals surface area contributed by atoms with E-state index in [-0.39, 0.29) is 24.8 Å². The Hall–Kier alpha value is -3.30. The molecule has 1 fully saturated rings. The standard InChI is InChI=1S/C16H18N6O4/c1-20(13(23)7-11-15(24)22(3)16(25)21(11)2)9-12-18-14(19-26-12)10-5-4-6-17-8-10/h4-6,8,11H,7,9H2,1-3H3. The SMILES string of the molecule is CN(Cc1nc(-c2cccnc2)no1)C(=O)CC1C(=O)N(C)C(=O)N1C. The van der Waals surface area contributed by atoms with Crippen molar-refractivity contribution in [3.05, 3.63) is 30.4 Å². The first-order valence-electron chi connectivity index (χ1n) is 7.89. The molecule has 2 aromatic heterocycles. The number of carbonyl (C=O) groups excluding carboxylic acids is 3. The first-order valence-corrected chi connectivity index (χ1v) is 7.89. The van der Waals surface area contributed by atoms with Crippen LogP contribution < -0.4 is 0 Å². The van der Waals surface area contributed by atoms with Crippen LogP contribution in [0.2, 0.25) is 0 Å². The zero-order chi connectivity index (χ0) is 18.8. The van der Waals surface area contributed by atoms with Gasteiger partial charge in [0.2, 0.25) is 17.6 Å². The minimum Gasteiger partial charge on any atom is -0.337 e. The number of hydrogen-bond donors (Lipinski definition) is 0. The summed E-state index contributed by atoms with van der Waals surface area (Å²) in [4.78, 5) is 48.1. The van der Waals surface area contributed by atoms with Gasteiger partial charge in [-0.3, -0.25) is 19.5 Å². The normalized spacial score (nSPS) is 17.1. The molecule has 0 aliphatic carbocycles. The smallest absolute Gasteiger partial charge is 0.326 e. The van der Waals surface area contributed by atoms with Gasteiger partial charge in [0.05, 0.1) is 13.0 Å². The van der Waals surface area contributed by atoms with E-state index >= 15 is 0 Å². The van der Waals surface area contributed by atoms with Crippen molar-refractivity contribution >= 4 is 17.8 Å². The molecule has 4 amide bonds. The number of aromatic nitrogens is 3. The van der Waals surface area contributed by atoms with Gasteiger partial charge < -0.3 is 14.3 Å². The topological polar surface area (TPSA) is 113 Å². The molecule has 0 N–H and O–H groups in total. The molecule has 0 radical (unpaired) electrons. The lowest BCUT2D eigenvalue weighted by molar-refractivity contribution is -0.136. The molecule has 1 saturated heterocycles. The fraction of sp³-hybridized carbons (Fsp3) is 0.375. The largest absolute Gasteiger partial charge is 0.337 e. The van der Waals surface area contributed by atoms with Crippen LogP contribution in [-0.4, -0.2) is 74.9 Å². The fourth-order valence-electron chi connectivity index (χ4n) is 2.62. The lowest BCUT2D eigenvalue weighted by Crippen LogP contribution is -2.38. The first kappa shape index (κ1) is 17.5. The summed E-state index contributed by atoms with van der Waals surface area (Å²) in [5, 5.41) is 3.87. The number of likely N-dealkylation sites (N-methyl/N-ethyl adjacent to an activating group) is 2. The van der Waals surface area contributed by atoms with E-state index in [0.29, 0.717) is 11.4 Å². The third-order valence-electron chi connectivity index (χ3n) is 4.23. The molecule has 0 spiro atoms. The summed E-state index contributed by atoms with van der Waals surface area (Å²) in [5.41, 5.74) is 0.705. The summed E-state index contributed by atoms with van der Waals surface area (Å²) in [5.74, 6) is -0.0544. The Kier molecular flexibility index (Phi) is 4.65. The molecule has 1 atom stereocenters. The van der Waals surface area contributed by atoms with E-state index in [0.717, 1.165) is 4.90 Å². The number of hydrogen-bond acceptors (Lipinski definition) is 7. The number of carbonyl (C=O) groups is 3. The lowest BCUT2D eigenvalue weighted by Gasteiger charge is -2.19. The van der Waals surface area contributed by atoms with Crippen LogP contribution in [0.1, 0.15) is 12.3 Å². The Morgan fingerprint density at radius 1 is 1.35 bits per heavy atom. The Morgan fingerprint density at radius 3 is 2.73 bits per heavy atom. The molecular weight excluding hydrogens is 340 g/mol. The van der Waals surface area contributed by atoms with Gasteiger partial charge in [-0.15, -0.1) is 0 Å². The van der Waals surface area contributed by atoms with Crippen molar-refractivity contribution in [3.8, 4) is 11.4 Å². The van der Waals surface area contributed by atoms with E-state index in [1.54, 1.807) is 31.6 Å². The number of urea groups is 1. The van der Waals surface area contributed by atoms with Gasteiger partial charge in [-0.2, -0.15) is 4.98 Å². The van der Waals surface area contributed by atoms with Crippen LogP contribution in [0.25, 0.3) is 11.4 Å². The highest BCUT2D eigenvalue weighted by molar-refractivity contribution is 6.05. The Morgan fingerprint density at radius 2 is 2.12 bits per heavy atom. The quantitative estimate of drug-likeness (QED) is 0.710. The summed E-state index contributed by atoms with van der Waals surface area (Å²) in [6, 6.07) is 2.34. The maximum atomic E-state index is 12.4. The molecule has 1 aliphatic heterocycles. The highest BCUT2D eigenvalue weighted by Crippen LogP contribution is 2.18. The van der Waals surface area contributed by atoms with Gasteiger partial charge in [0.1, 0.15) is 6.04 Å².